The molecule has 4 heterocycles. The number of nitrogen functional groups attached to an aromatic ring is 1. The third-order valence-corrected chi connectivity index (χ3v) is 7.17. The first-order valence-corrected chi connectivity index (χ1v) is 12.2. The number of ether oxygens (including phenoxy) is 1. The standard InChI is InChI=1S/C24H33ClN6O3/c1-4-18-14(2)10-27-19(15(18)3)13-31-11-16(21-22(25)28-24(26)29-23(21)31)9-20(33)30-6-8-34-17(12-30)5-7-32/h10,16-17,32H,4-9,11-13H2,1-3H3,(H2,26,28,29). The number of carbonyl (C=O) groups excluding carboxylic acids is 1. The van der Waals surface area contributed by atoms with E-state index in [1.807, 2.05) is 11.1 Å². The summed E-state index contributed by atoms with van der Waals surface area (Å²) in [5.74, 6) is 0.680. The summed E-state index contributed by atoms with van der Waals surface area (Å²) in [7, 11) is 0. The maximum absolute atomic E-state index is 13.2. The topological polar surface area (TPSA) is 118 Å². The van der Waals surface area contributed by atoms with Gasteiger partial charge in [-0.25, -0.2) is 4.98 Å². The molecule has 3 N–H and O–H groups in total. The van der Waals surface area contributed by atoms with Crippen LogP contribution in [0.5, 0.6) is 0 Å². The maximum atomic E-state index is 13.2. The summed E-state index contributed by atoms with van der Waals surface area (Å²) in [6.45, 7) is 9.02. The number of rotatable bonds is 7. The molecule has 2 aliphatic rings. The summed E-state index contributed by atoms with van der Waals surface area (Å²) in [6.07, 6.45) is 3.54. The molecular formula is C24H33ClN6O3. The molecule has 184 valence electrons. The van der Waals surface area contributed by atoms with Crippen molar-refractivity contribution in [2.24, 2.45) is 0 Å². The lowest BCUT2D eigenvalue weighted by Crippen LogP contribution is -2.46. The van der Waals surface area contributed by atoms with Crippen LogP contribution in [0.3, 0.4) is 0 Å². The average molecular weight is 489 g/mol. The number of hydrogen-bond acceptors (Lipinski definition) is 8. The Kier molecular flexibility index (Phi) is 7.54. The van der Waals surface area contributed by atoms with E-state index in [0.29, 0.717) is 56.6 Å². The summed E-state index contributed by atoms with van der Waals surface area (Å²) in [5, 5.41) is 9.52. The largest absolute Gasteiger partial charge is 0.396 e. The number of aliphatic hydroxyl groups excluding tert-OH is 1. The minimum Gasteiger partial charge on any atom is -0.396 e. The van der Waals surface area contributed by atoms with Gasteiger partial charge in [0.1, 0.15) is 11.0 Å². The third kappa shape index (κ3) is 4.96. The Hall–Kier alpha value is -2.49. The lowest BCUT2D eigenvalue weighted by molar-refractivity contribution is -0.139. The highest BCUT2D eigenvalue weighted by molar-refractivity contribution is 6.30. The van der Waals surface area contributed by atoms with Crippen LogP contribution in [0.4, 0.5) is 11.8 Å². The minimum absolute atomic E-state index is 0.0369. The molecule has 0 aliphatic carbocycles. The van der Waals surface area contributed by atoms with E-state index in [4.69, 9.17) is 27.1 Å². The quantitative estimate of drug-likeness (QED) is 0.570. The van der Waals surface area contributed by atoms with E-state index >= 15 is 0 Å². The van der Waals surface area contributed by atoms with Crippen molar-refractivity contribution in [3.8, 4) is 0 Å². The van der Waals surface area contributed by atoms with Crippen LogP contribution in [0.15, 0.2) is 6.20 Å². The summed E-state index contributed by atoms with van der Waals surface area (Å²) < 4.78 is 5.66. The number of carbonyl (C=O) groups is 1. The molecule has 1 amide bonds. The monoisotopic (exact) mass is 488 g/mol. The Morgan fingerprint density at radius 3 is 2.85 bits per heavy atom. The lowest BCUT2D eigenvalue weighted by atomic mass is 9.99. The van der Waals surface area contributed by atoms with Crippen LogP contribution in [0.2, 0.25) is 5.15 Å². The molecule has 1 saturated heterocycles. The number of morpholine rings is 1. The number of nitrogens with two attached hydrogens (primary N) is 1. The number of fused-ring (bicyclic) bond motifs is 1. The van der Waals surface area contributed by atoms with Gasteiger partial charge in [-0.3, -0.25) is 9.78 Å². The van der Waals surface area contributed by atoms with E-state index in [-0.39, 0.29) is 30.5 Å². The molecule has 2 atom stereocenters. The van der Waals surface area contributed by atoms with E-state index in [9.17, 15) is 9.90 Å². The van der Waals surface area contributed by atoms with Gasteiger partial charge < -0.3 is 25.4 Å². The first-order valence-electron chi connectivity index (χ1n) is 11.8. The maximum Gasteiger partial charge on any atom is 0.223 e. The Balaban J connectivity index is 1.57. The molecule has 0 spiro atoms. The van der Waals surface area contributed by atoms with Gasteiger partial charge in [-0.05, 0) is 43.4 Å². The van der Waals surface area contributed by atoms with Crippen LogP contribution < -0.4 is 10.6 Å². The highest BCUT2D eigenvalue weighted by Gasteiger charge is 2.37. The van der Waals surface area contributed by atoms with Crippen LogP contribution in [-0.4, -0.2) is 69.8 Å². The zero-order valence-corrected chi connectivity index (χ0v) is 20.8. The minimum atomic E-state index is -0.147. The number of nitrogens with zero attached hydrogens (tertiary/aromatic N) is 5. The number of aryl methyl sites for hydroxylation is 1. The molecule has 2 aromatic heterocycles. The Morgan fingerprint density at radius 2 is 2.12 bits per heavy atom. The van der Waals surface area contributed by atoms with E-state index < -0.39 is 0 Å². The van der Waals surface area contributed by atoms with Crippen molar-refractivity contribution < 1.29 is 14.6 Å². The SMILES string of the molecule is CCc1c(C)cnc(CN2CC(CC(=O)N3CCOC(CCO)C3)c3c(Cl)nc(N)nc32)c1C. The van der Waals surface area contributed by atoms with Gasteiger partial charge in [0.15, 0.2) is 0 Å². The van der Waals surface area contributed by atoms with E-state index in [1.165, 1.54) is 16.7 Å². The van der Waals surface area contributed by atoms with Crippen LogP contribution in [0, 0.1) is 13.8 Å². The average Bonchev–Trinajstić information content (AvgIpc) is 3.13. The molecular weight excluding hydrogens is 456 g/mol. The van der Waals surface area contributed by atoms with E-state index in [1.54, 1.807) is 0 Å². The molecule has 2 aliphatic heterocycles. The molecule has 34 heavy (non-hydrogen) atoms. The second-order valence-electron chi connectivity index (χ2n) is 9.08. The fourth-order valence-corrected chi connectivity index (χ4v) is 5.42. The first kappa shape index (κ1) is 24.6. The normalized spacial score (nSPS) is 20.0. The van der Waals surface area contributed by atoms with Crippen molar-refractivity contribution in [1.82, 2.24) is 19.9 Å². The Bertz CT molecular complexity index is 1060. The molecule has 0 bridgehead atoms. The van der Waals surface area contributed by atoms with Gasteiger partial charge in [0.05, 0.1) is 24.9 Å². The molecule has 4 rings (SSSR count). The molecule has 9 nitrogen and oxygen atoms in total. The fourth-order valence-electron chi connectivity index (χ4n) is 5.10. The van der Waals surface area contributed by atoms with Gasteiger partial charge in [0.2, 0.25) is 11.9 Å². The number of halogens is 1. The van der Waals surface area contributed by atoms with Crippen molar-refractivity contribution in [3.63, 3.8) is 0 Å². The van der Waals surface area contributed by atoms with Gasteiger partial charge in [-0.15, -0.1) is 0 Å². The van der Waals surface area contributed by atoms with Crippen molar-refractivity contribution in [1.29, 1.82) is 0 Å². The molecule has 0 saturated carbocycles. The molecule has 0 aromatic carbocycles. The van der Waals surface area contributed by atoms with Crippen LogP contribution in [0.25, 0.3) is 0 Å². The molecule has 10 heteroatoms. The second kappa shape index (κ2) is 10.4. The number of pyridine rings is 1. The van der Waals surface area contributed by atoms with E-state index in [0.717, 1.165) is 17.7 Å². The molecule has 2 unspecified atom stereocenters. The fraction of sp³-hybridized carbons (Fsp3) is 0.583. The summed E-state index contributed by atoms with van der Waals surface area (Å²) in [6, 6.07) is 0. The number of anilines is 2. The van der Waals surface area contributed by atoms with Crippen LogP contribution in [-0.2, 0) is 22.5 Å². The summed E-state index contributed by atoms with van der Waals surface area (Å²) in [4.78, 5) is 30.5. The molecule has 2 aromatic rings. The highest BCUT2D eigenvalue weighted by Crippen LogP contribution is 2.42. The predicted octanol–water partition coefficient (Wildman–Crippen LogP) is 2.39. The van der Waals surface area contributed by atoms with E-state index in [2.05, 4.69) is 35.6 Å². The van der Waals surface area contributed by atoms with Crippen molar-refractivity contribution >= 4 is 29.3 Å². The van der Waals surface area contributed by atoms with Crippen molar-refractivity contribution in [3.05, 3.63) is 39.3 Å². The highest BCUT2D eigenvalue weighted by atomic mass is 35.5. The predicted molar refractivity (Wildman–Crippen MR) is 131 cm³/mol. The van der Waals surface area contributed by atoms with Crippen LogP contribution in [0.1, 0.15) is 53.6 Å². The zero-order valence-electron chi connectivity index (χ0n) is 20.1. The van der Waals surface area contributed by atoms with Gasteiger partial charge in [0, 0.05) is 50.3 Å². The lowest BCUT2D eigenvalue weighted by Gasteiger charge is -2.33. The second-order valence-corrected chi connectivity index (χ2v) is 9.44. The number of aromatic nitrogens is 3. The van der Waals surface area contributed by atoms with Gasteiger partial charge in [0.25, 0.3) is 0 Å². The Morgan fingerprint density at radius 1 is 1.32 bits per heavy atom. The smallest absolute Gasteiger partial charge is 0.223 e. The number of amides is 1. The zero-order chi connectivity index (χ0) is 24.4. The summed E-state index contributed by atoms with van der Waals surface area (Å²) in [5.41, 5.74) is 11.4. The van der Waals surface area contributed by atoms with Crippen molar-refractivity contribution in [2.75, 3.05) is 43.5 Å². The van der Waals surface area contributed by atoms with Gasteiger partial charge in [-0.1, -0.05) is 18.5 Å². The van der Waals surface area contributed by atoms with Crippen LogP contribution >= 0.6 is 11.6 Å². The molecule has 1 fully saturated rings. The third-order valence-electron chi connectivity index (χ3n) is 6.88. The number of hydrogen-bond donors (Lipinski definition) is 2. The summed E-state index contributed by atoms with van der Waals surface area (Å²) >= 11 is 6.53. The molecule has 0 radical (unpaired) electrons. The van der Waals surface area contributed by atoms with Gasteiger partial charge in [-0.2, -0.15) is 4.98 Å². The van der Waals surface area contributed by atoms with Crippen molar-refractivity contribution in [2.45, 2.75) is 58.6 Å². The first-order chi connectivity index (χ1) is 16.3. The Labute approximate surface area is 205 Å². The number of aliphatic hydroxyl groups is 1. The van der Waals surface area contributed by atoms with Gasteiger partial charge >= 0.3 is 0 Å².